The maximum Gasteiger partial charge on any atom is 0.146 e. The molecule has 0 bridgehead atoms. The van der Waals surface area contributed by atoms with Gasteiger partial charge in [-0.25, -0.2) is 4.39 Å². The number of pyridine rings is 1. The molecule has 90 valence electrons. The smallest absolute Gasteiger partial charge is 0.146 e. The summed E-state index contributed by atoms with van der Waals surface area (Å²) in [4.78, 5) is 3.78. The van der Waals surface area contributed by atoms with Crippen LogP contribution in [0.3, 0.4) is 0 Å². The molecule has 0 amide bonds. The summed E-state index contributed by atoms with van der Waals surface area (Å²) in [6, 6.07) is 1.58. The van der Waals surface area contributed by atoms with Gasteiger partial charge in [-0.3, -0.25) is 4.98 Å². The molecule has 0 aliphatic rings. The summed E-state index contributed by atoms with van der Waals surface area (Å²) in [5.74, 6) is -0.281. The van der Waals surface area contributed by atoms with Gasteiger partial charge in [0, 0.05) is 21.6 Å². The molecule has 2 aromatic rings. The zero-order chi connectivity index (χ0) is 12.3. The van der Waals surface area contributed by atoms with Crippen molar-refractivity contribution >= 4 is 27.3 Å². The zero-order valence-corrected chi connectivity index (χ0v) is 11.7. The van der Waals surface area contributed by atoms with Gasteiger partial charge in [-0.15, -0.1) is 0 Å². The van der Waals surface area contributed by atoms with E-state index in [4.69, 9.17) is 0 Å². The first-order valence-corrected chi connectivity index (χ1v) is 7.02. The fraction of sp³-hybridized carbons (Fsp3) is 0.250. The van der Waals surface area contributed by atoms with Crippen molar-refractivity contribution in [3.63, 3.8) is 0 Å². The van der Waals surface area contributed by atoms with E-state index in [0.717, 1.165) is 16.6 Å². The molecule has 2 heterocycles. The van der Waals surface area contributed by atoms with Crippen LogP contribution in [0.25, 0.3) is 0 Å². The first-order chi connectivity index (χ1) is 8.24. The van der Waals surface area contributed by atoms with Gasteiger partial charge in [0.2, 0.25) is 0 Å². The van der Waals surface area contributed by atoms with Gasteiger partial charge >= 0.3 is 0 Å². The predicted molar refractivity (Wildman–Crippen MR) is 71.7 cm³/mol. The highest BCUT2D eigenvalue weighted by Gasteiger charge is 2.19. The summed E-state index contributed by atoms with van der Waals surface area (Å²) in [6.45, 7) is 2.78. The van der Waals surface area contributed by atoms with Crippen LogP contribution in [0.5, 0.6) is 0 Å². The van der Waals surface area contributed by atoms with Crippen LogP contribution in [0.15, 0.2) is 33.7 Å². The lowest BCUT2D eigenvalue weighted by Crippen LogP contribution is -2.22. The molecule has 2 nitrogen and oxygen atoms in total. The number of hydrogen-bond donors (Lipinski definition) is 1. The van der Waals surface area contributed by atoms with Crippen molar-refractivity contribution in [1.82, 2.24) is 10.3 Å². The molecule has 0 aromatic carbocycles. The second-order valence-electron chi connectivity index (χ2n) is 3.56. The van der Waals surface area contributed by atoms with Gasteiger partial charge in [-0.1, -0.05) is 6.92 Å². The van der Waals surface area contributed by atoms with Crippen LogP contribution in [0.1, 0.15) is 24.1 Å². The molecule has 0 aliphatic heterocycles. The molecule has 0 aliphatic carbocycles. The highest BCUT2D eigenvalue weighted by atomic mass is 79.9. The molecule has 17 heavy (non-hydrogen) atoms. The van der Waals surface area contributed by atoms with Gasteiger partial charge in [0.25, 0.3) is 0 Å². The Morgan fingerprint density at radius 3 is 2.88 bits per heavy atom. The topological polar surface area (TPSA) is 24.9 Å². The van der Waals surface area contributed by atoms with Crippen LogP contribution in [-0.2, 0) is 0 Å². The number of rotatable bonds is 4. The number of hydrogen-bond acceptors (Lipinski definition) is 3. The van der Waals surface area contributed by atoms with E-state index < -0.39 is 0 Å². The van der Waals surface area contributed by atoms with E-state index in [0.29, 0.717) is 5.56 Å². The average Bonchev–Trinajstić information content (AvgIpc) is 2.74. The lowest BCUT2D eigenvalue weighted by atomic mass is 10.0. The van der Waals surface area contributed by atoms with Gasteiger partial charge < -0.3 is 5.32 Å². The molecule has 2 aromatic heterocycles. The molecule has 1 unspecified atom stereocenters. The molecule has 0 spiro atoms. The Balaban J connectivity index is 2.43. The van der Waals surface area contributed by atoms with Crippen molar-refractivity contribution in [3.8, 4) is 0 Å². The zero-order valence-electron chi connectivity index (χ0n) is 9.28. The summed E-state index contributed by atoms with van der Waals surface area (Å²) in [5, 5.41) is 7.32. The summed E-state index contributed by atoms with van der Waals surface area (Å²) in [7, 11) is 0. The van der Waals surface area contributed by atoms with E-state index in [1.165, 1.54) is 6.20 Å². The van der Waals surface area contributed by atoms with E-state index >= 15 is 0 Å². The van der Waals surface area contributed by atoms with Crippen LogP contribution in [0.2, 0.25) is 0 Å². The molecular formula is C12H12BrFN2S. The van der Waals surface area contributed by atoms with Gasteiger partial charge in [-0.05, 0) is 39.5 Å². The Morgan fingerprint density at radius 1 is 1.47 bits per heavy atom. The maximum atomic E-state index is 13.8. The Labute approximate surface area is 112 Å². The fourth-order valence-corrected chi connectivity index (χ4v) is 3.26. The number of aromatic nitrogens is 1. The van der Waals surface area contributed by atoms with E-state index in [9.17, 15) is 4.39 Å². The Bertz CT molecular complexity index is 501. The normalized spacial score (nSPS) is 12.6. The lowest BCUT2D eigenvalue weighted by Gasteiger charge is -2.18. The minimum atomic E-state index is -0.281. The molecule has 1 atom stereocenters. The number of halogens is 2. The van der Waals surface area contributed by atoms with Gasteiger partial charge in [0.05, 0.1) is 12.2 Å². The standard InChI is InChI=1S/C12H12BrFN2S/c1-2-16-12(9-6-17-7-10(9)13)8-3-4-15-5-11(8)14/h3-7,12,16H,2H2,1H3. The Hall–Kier alpha value is -0.780. The van der Waals surface area contributed by atoms with E-state index in [1.807, 2.05) is 17.7 Å². The maximum absolute atomic E-state index is 13.8. The van der Waals surface area contributed by atoms with Crippen LogP contribution >= 0.6 is 27.3 Å². The lowest BCUT2D eigenvalue weighted by molar-refractivity contribution is 0.554. The quantitative estimate of drug-likeness (QED) is 0.929. The van der Waals surface area contributed by atoms with Crippen molar-refractivity contribution in [2.45, 2.75) is 13.0 Å². The fourth-order valence-electron chi connectivity index (χ4n) is 1.71. The molecule has 0 saturated heterocycles. The molecular weight excluding hydrogens is 303 g/mol. The molecule has 1 N–H and O–H groups in total. The third-order valence-electron chi connectivity index (χ3n) is 2.48. The molecule has 2 rings (SSSR count). The monoisotopic (exact) mass is 314 g/mol. The number of nitrogens with one attached hydrogen (secondary N) is 1. The molecule has 0 fully saturated rings. The van der Waals surface area contributed by atoms with E-state index in [-0.39, 0.29) is 11.9 Å². The van der Waals surface area contributed by atoms with Crippen molar-refractivity contribution in [2.75, 3.05) is 6.54 Å². The minimum Gasteiger partial charge on any atom is -0.306 e. The summed E-state index contributed by atoms with van der Waals surface area (Å²) < 4.78 is 14.8. The Morgan fingerprint density at radius 2 is 2.29 bits per heavy atom. The van der Waals surface area contributed by atoms with E-state index in [1.54, 1.807) is 23.6 Å². The number of thiophene rings is 1. The van der Waals surface area contributed by atoms with Gasteiger partial charge in [0.1, 0.15) is 5.82 Å². The van der Waals surface area contributed by atoms with E-state index in [2.05, 4.69) is 26.2 Å². The van der Waals surface area contributed by atoms with Crippen LogP contribution in [-0.4, -0.2) is 11.5 Å². The average molecular weight is 315 g/mol. The molecule has 0 saturated carbocycles. The van der Waals surface area contributed by atoms with Crippen LogP contribution < -0.4 is 5.32 Å². The Kier molecular flexibility index (Phi) is 4.25. The third kappa shape index (κ3) is 2.73. The molecule has 5 heteroatoms. The largest absolute Gasteiger partial charge is 0.306 e. The van der Waals surface area contributed by atoms with Gasteiger partial charge in [0.15, 0.2) is 0 Å². The minimum absolute atomic E-state index is 0.136. The van der Waals surface area contributed by atoms with Gasteiger partial charge in [-0.2, -0.15) is 11.3 Å². The second-order valence-corrected chi connectivity index (χ2v) is 5.16. The highest BCUT2D eigenvalue weighted by Crippen LogP contribution is 2.32. The second kappa shape index (κ2) is 5.71. The predicted octanol–water partition coefficient (Wildman–Crippen LogP) is 3.74. The summed E-state index contributed by atoms with van der Waals surface area (Å²) in [5.41, 5.74) is 1.68. The van der Waals surface area contributed by atoms with Crippen LogP contribution in [0.4, 0.5) is 4.39 Å². The van der Waals surface area contributed by atoms with Crippen LogP contribution in [0, 0.1) is 5.82 Å². The SMILES string of the molecule is CCNC(c1ccncc1F)c1cscc1Br. The van der Waals surface area contributed by atoms with Crippen molar-refractivity contribution in [1.29, 1.82) is 0 Å². The summed E-state index contributed by atoms with van der Waals surface area (Å²) >= 11 is 5.09. The number of nitrogens with zero attached hydrogens (tertiary/aromatic N) is 1. The molecule has 0 radical (unpaired) electrons. The first kappa shape index (κ1) is 12.7. The summed E-state index contributed by atoms with van der Waals surface area (Å²) in [6.07, 6.45) is 2.86. The van der Waals surface area contributed by atoms with Crippen molar-refractivity contribution in [3.05, 3.63) is 50.6 Å². The highest BCUT2D eigenvalue weighted by molar-refractivity contribution is 9.10. The van der Waals surface area contributed by atoms with Crippen molar-refractivity contribution in [2.24, 2.45) is 0 Å². The third-order valence-corrected chi connectivity index (χ3v) is 4.23. The van der Waals surface area contributed by atoms with Crippen molar-refractivity contribution < 1.29 is 4.39 Å². The first-order valence-electron chi connectivity index (χ1n) is 5.28.